The van der Waals surface area contributed by atoms with Gasteiger partial charge in [-0.2, -0.15) is 0 Å². The topological polar surface area (TPSA) is 72.6 Å². The zero-order chi connectivity index (χ0) is 10.6. The Labute approximate surface area is 95.3 Å². The minimum Gasteiger partial charge on any atom is -0.467 e. The summed E-state index contributed by atoms with van der Waals surface area (Å²) < 4.78 is 4.64. The van der Waals surface area contributed by atoms with Crippen LogP contribution in [-0.4, -0.2) is 43.0 Å². The lowest BCUT2D eigenvalue weighted by molar-refractivity contribution is -0.154. The first-order valence-corrected chi connectivity index (χ1v) is 4.78. The van der Waals surface area contributed by atoms with E-state index in [4.69, 9.17) is 5.73 Å². The number of rotatable bonds is 2. The predicted molar refractivity (Wildman–Crippen MR) is 57.7 cm³/mol. The van der Waals surface area contributed by atoms with Gasteiger partial charge in [0, 0.05) is 6.54 Å². The Kier molecular flexibility index (Phi) is 6.27. The van der Waals surface area contributed by atoms with E-state index in [1.165, 1.54) is 12.0 Å². The van der Waals surface area contributed by atoms with Crippen molar-refractivity contribution in [1.82, 2.24) is 4.90 Å². The Bertz CT molecular complexity index is 211. The first kappa shape index (κ1) is 14.2. The SMILES string of the molecule is COC(=O)[C@H]1CCCCN1C(=O)CN.Cl. The summed E-state index contributed by atoms with van der Waals surface area (Å²) in [5.41, 5.74) is 5.26. The molecule has 1 amide bonds. The summed E-state index contributed by atoms with van der Waals surface area (Å²) in [6.07, 6.45) is 2.56. The van der Waals surface area contributed by atoms with Gasteiger partial charge < -0.3 is 15.4 Å². The number of amides is 1. The lowest BCUT2D eigenvalue weighted by Gasteiger charge is -2.33. The van der Waals surface area contributed by atoms with Crippen LogP contribution >= 0.6 is 12.4 Å². The second kappa shape index (κ2) is 6.63. The number of piperidine rings is 1. The Morgan fingerprint density at radius 1 is 1.47 bits per heavy atom. The van der Waals surface area contributed by atoms with Crippen molar-refractivity contribution < 1.29 is 14.3 Å². The van der Waals surface area contributed by atoms with Crippen molar-refractivity contribution in [2.75, 3.05) is 20.2 Å². The minimum atomic E-state index is -0.426. The van der Waals surface area contributed by atoms with Gasteiger partial charge in [0.2, 0.25) is 5.91 Å². The minimum absolute atomic E-state index is 0. The first-order chi connectivity index (χ1) is 6.70. The van der Waals surface area contributed by atoms with Crippen molar-refractivity contribution in [1.29, 1.82) is 0 Å². The van der Waals surface area contributed by atoms with Gasteiger partial charge in [0.1, 0.15) is 6.04 Å². The van der Waals surface area contributed by atoms with Gasteiger partial charge in [-0.15, -0.1) is 12.4 Å². The summed E-state index contributed by atoms with van der Waals surface area (Å²) in [6, 6.07) is -0.426. The highest BCUT2D eigenvalue weighted by atomic mass is 35.5. The van der Waals surface area contributed by atoms with Crippen LogP contribution in [0, 0.1) is 0 Å². The standard InChI is InChI=1S/C9H16N2O3.ClH/c1-14-9(13)7-4-2-3-5-11(7)8(12)6-10;/h7H,2-6,10H2,1H3;1H/t7-;/m1./s1. The molecule has 1 heterocycles. The molecule has 0 radical (unpaired) electrons. The fourth-order valence-electron chi connectivity index (χ4n) is 1.73. The van der Waals surface area contributed by atoms with Crippen molar-refractivity contribution in [3.8, 4) is 0 Å². The van der Waals surface area contributed by atoms with E-state index in [1.54, 1.807) is 0 Å². The molecule has 0 aromatic carbocycles. The maximum atomic E-state index is 11.4. The van der Waals surface area contributed by atoms with Crippen LogP contribution in [-0.2, 0) is 14.3 Å². The highest BCUT2D eigenvalue weighted by Gasteiger charge is 2.31. The van der Waals surface area contributed by atoms with Gasteiger partial charge in [0.15, 0.2) is 0 Å². The van der Waals surface area contributed by atoms with E-state index < -0.39 is 6.04 Å². The Morgan fingerprint density at radius 2 is 2.13 bits per heavy atom. The molecule has 0 saturated carbocycles. The lowest BCUT2D eigenvalue weighted by atomic mass is 10.0. The zero-order valence-electron chi connectivity index (χ0n) is 8.77. The van der Waals surface area contributed by atoms with E-state index in [2.05, 4.69) is 4.74 Å². The summed E-state index contributed by atoms with van der Waals surface area (Å²) in [4.78, 5) is 24.3. The highest BCUT2D eigenvalue weighted by molar-refractivity contribution is 5.86. The average molecular weight is 237 g/mol. The molecule has 15 heavy (non-hydrogen) atoms. The summed E-state index contributed by atoms with van der Waals surface area (Å²) in [5.74, 6) is -0.522. The van der Waals surface area contributed by atoms with Gasteiger partial charge in [0.25, 0.3) is 0 Å². The molecule has 1 aliphatic heterocycles. The summed E-state index contributed by atoms with van der Waals surface area (Å²) >= 11 is 0. The number of ether oxygens (including phenoxy) is 1. The lowest BCUT2D eigenvalue weighted by Crippen LogP contribution is -2.50. The molecular weight excluding hydrogens is 220 g/mol. The predicted octanol–water partition coefficient (Wildman–Crippen LogP) is -0.0790. The Hall–Kier alpha value is -0.810. The molecule has 6 heteroatoms. The molecule has 1 saturated heterocycles. The van der Waals surface area contributed by atoms with Crippen LogP contribution in [0.3, 0.4) is 0 Å². The van der Waals surface area contributed by atoms with Crippen molar-refractivity contribution in [2.45, 2.75) is 25.3 Å². The normalized spacial score (nSPS) is 20.4. The molecule has 1 atom stereocenters. The third-order valence-electron chi connectivity index (χ3n) is 2.47. The maximum Gasteiger partial charge on any atom is 0.328 e. The molecule has 2 N–H and O–H groups in total. The number of nitrogens with two attached hydrogens (primary N) is 1. The fraction of sp³-hybridized carbons (Fsp3) is 0.778. The molecular formula is C9H17ClN2O3. The van der Waals surface area contributed by atoms with Crippen LogP contribution in [0.2, 0.25) is 0 Å². The van der Waals surface area contributed by atoms with Crippen molar-refractivity contribution in [2.24, 2.45) is 5.73 Å². The number of hydrogen-bond donors (Lipinski definition) is 1. The van der Waals surface area contributed by atoms with E-state index in [0.717, 1.165) is 12.8 Å². The van der Waals surface area contributed by atoms with Crippen LogP contribution in [0.4, 0.5) is 0 Å². The molecule has 0 aliphatic carbocycles. The third kappa shape index (κ3) is 3.35. The van der Waals surface area contributed by atoms with Gasteiger partial charge in [-0.1, -0.05) is 0 Å². The molecule has 88 valence electrons. The second-order valence-electron chi connectivity index (χ2n) is 3.33. The number of halogens is 1. The third-order valence-corrected chi connectivity index (χ3v) is 2.47. The molecule has 0 aromatic rings. The molecule has 0 bridgehead atoms. The Morgan fingerprint density at radius 3 is 2.67 bits per heavy atom. The molecule has 0 spiro atoms. The number of hydrogen-bond acceptors (Lipinski definition) is 4. The summed E-state index contributed by atoms with van der Waals surface area (Å²) in [7, 11) is 1.34. The quantitative estimate of drug-likeness (QED) is 0.681. The zero-order valence-corrected chi connectivity index (χ0v) is 9.59. The Balaban J connectivity index is 0.00000196. The number of carbonyl (C=O) groups is 2. The first-order valence-electron chi connectivity index (χ1n) is 4.78. The maximum absolute atomic E-state index is 11.4. The number of nitrogens with zero attached hydrogens (tertiary/aromatic N) is 1. The van der Waals surface area contributed by atoms with Crippen molar-refractivity contribution in [3.05, 3.63) is 0 Å². The largest absolute Gasteiger partial charge is 0.467 e. The summed E-state index contributed by atoms with van der Waals surface area (Å²) in [6.45, 7) is 0.559. The number of carbonyl (C=O) groups excluding carboxylic acids is 2. The van der Waals surface area contributed by atoms with E-state index in [9.17, 15) is 9.59 Å². The van der Waals surface area contributed by atoms with Crippen LogP contribution < -0.4 is 5.73 Å². The molecule has 0 unspecified atom stereocenters. The molecule has 5 nitrogen and oxygen atoms in total. The van der Waals surface area contributed by atoms with Crippen molar-refractivity contribution >= 4 is 24.3 Å². The van der Waals surface area contributed by atoms with Gasteiger partial charge in [-0.3, -0.25) is 4.79 Å². The van der Waals surface area contributed by atoms with Crippen LogP contribution in [0.1, 0.15) is 19.3 Å². The van der Waals surface area contributed by atoms with Gasteiger partial charge in [-0.25, -0.2) is 4.79 Å². The van der Waals surface area contributed by atoms with E-state index in [1.807, 2.05) is 0 Å². The second-order valence-corrected chi connectivity index (χ2v) is 3.33. The highest BCUT2D eigenvalue weighted by Crippen LogP contribution is 2.17. The van der Waals surface area contributed by atoms with Gasteiger partial charge in [-0.05, 0) is 19.3 Å². The number of likely N-dealkylation sites (tertiary alicyclic amines) is 1. The average Bonchev–Trinajstić information content (AvgIpc) is 2.27. The molecule has 1 fully saturated rings. The number of methoxy groups -OCH3 is 1. The van der Waals surface area contributed by atoms with Crippen LogP contribution in [0.5, 0.6) is 0 Å². The van der Waals surface area contributed by atoms with E-state index >= 15 is 0 Å². The fourth-order valence-corrected chi connectivity index (χ4v) is 1.73. The van der Waals surface area contributed by atoms with Gasteiger partial charge >= 0.3 is 5.97 Å². The molecule has 1 rings (SSSR count). The van der Waals surface area contributed by atoms with E-state index in [0.29, 0.717) is 13.0 Å². The van der Waals surface area contributed by atoms with Crippen LogP contribution in [0.15, 0.2) is 0 Å². The summed E-state index contributed by atoms with van der Waals surface area (Å²) in [5, 5.41) is 0. The van der Waals surface area contributed by atoms with Crippen molar-refractivity contribution in [3.63, 3.8) is 0 Å². The molecule has 1 aliphatic rings. The smallest absolute Gasteiger partial charge is 0.328 e. The molecule has 0 aromatic heterocycles. The monoisotopic (exact) mass is 236 g/mol. The van der Waals surface area contributed by atoms with Crippen LogP contribution in [0.25, 0.3) is 0 Å². The van der Waals surface area contributed by atoms with E-state index in [-0.39, 0.29) is 30.8 Å². The number of esters is 1. The van der Waals surface area contributed by atoms with Gasteiger partial charge in [0.05, 0.1) is 13.7 Å².